The molecule has 2 N–H and O–H groups in total. The van der Waals surface area contributed by atoms with Gasteiger partial charge in [0.2, 0.25) is 0 Å². The van der Waals surface area contributed by atoms with Crippen LogP contribution in [0.2, 0.25) is 5.02 Å². The number of halogens is 2. The highest BCUT2D eigenvalue weighted by molar-refractivity contribution is 6.37. The summed E-state index contributed by atoms with van der Waals surface area (Å²) in [4.78, 5) is 29.6. The minimum absolute atomic E-state index is 0.0308. The Morgan fingerprint density at radius 2 is 2.12 bits per heavy atom. The fourth-order valence-electron chi connectivity index (χ4n) is 7.34. The van der Waals surface area contributed by atoms with E-state index in [-0.39, 0.29) is 41.5 Å². The number of benzene rings is 2. The number of nitrogens with zero attached hydrogens (tertiary/aromatic N) is 6. The van der Waals surface area contributed by atoms with E-state index in [1.807, 2.05) is 6.07 Å². The number of phenolic OH excluding ortho intramolecular Hbond substituents is 1. The number of carbonyl (C=O) groups is 1. The van der Waals surface area contributed by atoms with Crippen LogP contribution in [-0.2, 0) is 6.42 Å². The molecule has 0 radical (unpaired) electrons. The number of ether oxygens (including phenoxy) is 1. The molecule has 7 rings (SSSR count). The molecule has 12 heteroatoms. The van der Waals surface area contributed by atoms with Gasteiger partial charge in [0.15, 0.2) is 0 Å². The number of piperazine rings is 1. The third-order valence-electron chi connectivity index (χ3n) is 9.30. The van der Waals surface area contributed by atoms with Gasteiger partial charge < -0.3 is 25.0 Å². The molecule has 1 aromatic heterocycles. The number of aromatic hydroxyl groups is 1. The predicted molar refractivity (Wildman–Crippen MR) is 161 cm³/mol. The maximum atomic E-state index is 14.4. The number of hydrogen-bond acceptors (Lipinski definition) is 9. The predicted octanol–water partition coefficient (Wildman–Crippen LogP) is 3.84. The zero-order valence-corrected chi connectivity index (χ0v) is 24.5. The van der Waals surface area contributed by atoms with Crippen molar-refractivity contribution in [2.75, 3.05) is 55.7 Å². The van der Waals surface area contributed by atoms with Crippen LogP contribution in [0.3, 0.4) is 0 Å². The van der Waals surface area contributed by atoms with E-state index < -0.39 is 6.17 Å². The summed E-state index contributed by atoms with van der Waals surface area (Å²) >= 11 is 6.60. The molecule has 1 unspecified atom stereocenters. The van der Waals surface area contributed by atoms with Crippen molar-refractivity contribution in [3.8, 4) is 17.8 Å². The molecule has 5 heterocycles. The third kappa shape index (κ3) is 5.01. The summed E-state index contributed by atoms with van der Waals surface area (Å²) in [6.07, 6.45) is 2.19. The smallest absolute Gasteiger partial charge is 0.319 e. The van der Waals surface area contributed by atoms with Gasteiger partial charge in [-0.05, 0) is 43.3 Å². The topological polar surface area (TPSA) is 118 Å². The Hall–Kier alpha value is -3.72. The molecular weight excluding hydrogens is 573 g/mol. The summed E-state index contributed by atoms with van der Waals surface area (Å²) in [5.41, 5.74) is 1.09. The van der Waals surface area contributed by atoms with E-state index in [9.17, 15) is 19.6 Å². The monoisotopic (exact) mass is 605 g/mol. The normalized spacial score (nSPS) is 25.6. The quantitative estimate of drug-likeness (QED) is 0.432. The Balaban J connectivity index is 1.27. The molecule has 0 aliphatic carbocycles. The van der Waals surface area contributed by atoms with Gasteiger partial charge in [-0.2, -0.15) is 15.2 Å². The second kappa shape index (κ2) is 11.1. The standard InChI is InChI=1S/C31H33ClFN7O3/c32-24-4-1-3-19-13-22(41)14-25(26(19)24)40-11-6-23-27(29(40)42)36-30(37-28(23)38-12-9-35-21(17-38)5-8-34)43-18-31-7-2-10-39(31)16-20(33)15-31/h1,3-4,13-14,20-21,35,41H,2,5-7,9-12,15-18H2/t20-,21?,31+/m1/s1. The zero-order valence-electron chi connectivity index (χ0n) is 23.7. The number of nitrogens with one attached hydrogen (secondary N) is 1. The van der Waals surface area contributed by atoms with Crippen LogP contribution in [0.15, 0.2) is 30.3 Å². The van der Waals surface area contributed by atoms with Gasteiger partial charge in [-0.3, -0.25) is 9.69 Å². The summed E-state index contributed by atoms with van der Waals surface area (Å²) in [6, 6.07) is 10.9. The summed E-state index contributed by atoms with van der Waals surface area (Å²) in [5.74, 6) is 0.325. The Labute approximate surface area is 254 Å². The van der Waals surface area contributed by atoms with E-state index in [2.05, 4.69) is 26.2 Å². The van der Waals surface area contributed by atoms with Crippen LogP contribution in [0.25, 0.3) is 10.8 Å². The summed E-state index contributed by atoms with van der Waals surface area (Å²) < 4.78 is 20.7. The first-order chi connectivity index (χ1) is 20.8. The third-order valence-corrected chi connectivity index (χ3v) is 9.62. The largest absolute Gasteiger partial charge is 0.508 e. The van der Waals surface area contributed by atoms with E-state index >= 15 is 0 Å². The first-order valence-corrected chi connectivity index (χ1v) is 15.2. The molecule has 4 aliphatic heterocycles. The lowest BCUT2D eigenvalue weighted by atomic mass is 9.95. The maximum Gasteiger partial charge on any atom is 0.319 e. The summed E-state index contributed by atoms with van der Waals surface area (Å²) in [6.45, 7) is 3.72. The Morgan fingerprint density at radius 1 is 1.23 bits per heavy atom. The van der Waals surface area contributed by atoms with Crippen LogP contribution in [0.5, 0.6) is 11.8 Å². The van der Waals surface area contributed by atoms with E-state index in [1.165, 1.54) is 0 Å². The van der Waals surface area contributed by atoms with Gasteiger partial charge in [0.05, 0.1) is 28.7 Å². The number of alkyl halides is 1. The molecule has 0 spiro atoms. The van der Waals surface area contributed by atoms with Crippen molar-refractivity contribution in [1.29, 1.82) is 5.26 Å². The number of fused-ring (bicyclic) bond motifs is 3. The fourth-order valence-corrected chi connectivity index (χ4v) is 7.62. The molecule has 10 nitrogen and oxygen atoms in total. The van der Waals surface area contributed by atoms with Crippen molar-refractivity contribution >= 4 is 39.8 Å². The number of phenols is 1. The average Bonchev–Trinajstić information content (AvgIpc) is 3.52. The van der Waals surface area contributed by atoms with Crippen LogP contribution in [0.1, 0.15) is 41.7 Å². The molecule has 3 saturated heterocycles. The average molecular weight is 606 g/mol. The van der Waals surface area contributed by atoms with Gasteiger partial charge in [-0.1, -0.05) is 23.7 Å². The highest BCUT2D eigenvalue weighted by Crippen LogP contribution is 2.42. The van der Waals surface area contributed by atoms with Crippen molar-refractivity contribution in [1.82, 2.24) is 20.2 Å². The molecule has 0 saturated carbocycles. The highest BCUT2D eigenvalue weighted by Gasteiger charge is 2.49. The van der Waals surface area contributed by atoms with E-state index in [0.717, 1.165) is 30.3 Å². The number of amides is 1. The van der Waals surface area contributed by atoms with Crippen molar-refractivity contribution in [2.45, 2.75) is 49.9 Å². The van der Waals surface area contributed by atoms with Crippen LogP contribution in [0, 0.1) is 11.3 Å². The Bertz CT molecular complexity index is 1630. The van der Waals surface area contributed by atoms with Gasteiger partial charge in [0.25, 0.3) is 5.91 Å². The van der Waals surface area contributed by atoms with Gasteiger partial charge in [-0.15, -0.1) is 0 Å². The number of carbonyl (C=O) groups excluding carboxylic acids is 1. The number of anilines is 2. The van der Waals surface area contributed by atoms with Gasteiger partial charge in [0, 0.05) is 62.2 Å². The number of nitriles is 1. The SMILES string of the molecule is N#CCC1CN(c2nc(OC[C@@]34CCCN3C[C@H](F)C4)nc3c2CCN(c2cc(O)cc4cccc(Cl)c24)C3=O)CCN1. The second-order valence-corrected chi connectivity index (χ2v) is 12.4. The maximum absolute atomic E-state index is 14.4. The second-order valence-electron chi connectivity index (χ2n) is 12.0. The fraction of sp³-hybridized carbons (Fsp3) is 0.484. The first-order valence-electron chi connectivity index (χ1n) is 14.9. The Kier molecular flexibility index (Phi) is 7.24. The van der Waals surface area contributed by atoms with Crippen molar-refractivity contribution in [2.24, 2.45) is 0 Å². The van der Waals surface area contributed by atoms with Crippen LogP contribution in [0.4, 0.5) is 15.9 Å². The molecule has 3 atom stereocenters. The van der Waals surface area contributed by atoms with Crippen molar-refractivity contribution < 1.29 is 19.0 Å². The summed E-state index contributed by atoms with van der Waals surface area (Å²) in [5, 5.41) is 25.1. The Morgan fingerprint density at radius 3 is 2.98 bits per heavy atom. The van der Waals surface area contributed by atoms with Gasteiger partial charge in [0.1, 0.15) is 30.0 Å². The minimum atomic E-state index is -0.888. The number of hydrogen-bond donors (Lipinski definition) is 2. The molecule has 1 amide bonds. The van der Waals surface area contributed by atoms with Crippen LogP contribution >= 0.6 is 11.6 Å². The van der Waals surface area contributed by atoms with Crippen LogP contribution in [-0.4, -0.2) is 89.5 Å². The van der Waals surface area contributed by atoms with E-state index in [4.69, 9.17) is 21.3 Å². The summed E-state index contributed by atoms with van der Waals surface area (Å²) in [7, 11) is 0. The highest BCUT2D eigenvalue weighted by atomic mass is 35.5. The zero-order chi connectivity index (χ0) is 29.7. The van der Waals surface area contributed by atoms with Crippen molar-refractivity contribution in [3.05, 3.63) is 46.6 Å². The molecule has 43 heavy (non-hydrogen) atoms. The number of aromatic nitrogens is 2. The lowest BCUT2D eigenvalue weighted by Crippen LogP contribution is -2.51. The minimum Gasteiger partial charge on any atom is -0.508 e. The molecule has 3 fully saturated rings. The molecule has 3 aromatic rings. The molecule has 224 valence electrons. The molecule has 2 aromatic carbocycles. The van der Waals surface area contributed by atoms with Gasteiger partial charge >= 0.3 is 6.01 Å². The van der Waals surface area contributed by atoms with E-state index in [0.29, 0.717) is 73.9 Å². The lowest BCUT2D eigenvalue weighted by Gasteiger charge is -2.37. The number of rotatable bonds is 6. The first kappa shape index (κ1) is 28.1. The lowest BCUT2D eigenvalue weighted by molar-refractivity contribution is 0.0963. The van der Waals surface area contributed by atoms with E-state index in [1.54, 1.807) is 29.2 Å². The van der Waals surface area contributed by atoms with Crippen LogP contribution < -0.4 is 19.9 Å². The molecule has 0 bridgehead atoms. The molecule has 4 aliphatic rings. The van der Waals surface area contributed by atoms with Crippen molar-refractivity contribution in [3.63, 3.8) is 0 Å². The molecular formula is C31H33ClFN7O3. The van der Waals surface area contributed by atoms with Gasteiger partial charge in [-0.25, -0.2) is 4.39 Å².